The van der Waals surface area contributed by atoms with Crippen LogP contribution in [0.4, 0.5) is 0 Å². The second-order valence-corrected chi connectivity index (χ2v) is 6.05. The topological polar surface area (TPSA) is 62.5 Å². The van der Waals surface area contributed by atoms with Gasteiger partial charge in [-0.1, -0.05) is 37.6 Å². The van der Waals surface area contributed by atoms with Gasteiger partial charge >= 0.3 is 5.97 Å². The minimum Gasteiger partial charge on any atom is -0.480 e. The average molecular weight is 322 g/mol. The smallest absolute Gasteiger partial charge is 0.320 e. The van der Waals surface area contributed by atoms with Crippen LogP contribution in [0.1, 0.15) is 26.0 Å². The Morgan fingerprint density at radius 3 is 2.64 bits per heavy atom. The van der Waals surface area contributed by atoms with E-state index in [-0.39, 0.29) is 0 Å². The summed E-state index contributed by atoms with van der Waals surface area (Å²) < 4.78 is 5.75. The fourth-order valence-corrected chi connectivity index (χ4v) is 2.47. The van der Waals surface area contributed by atoms with Crippen LogP contribution in [0.3, 0.4) is 0 Å². The molecule has 2 aromatic rings. The molecule has 2 N–H and O–H groups in total. The standard InChI is InChI=1S/C17H20ClNO3/c1-11(2)9-15(17(20)21)19-10-12-7-8-16(22-12)13-5-3-4-6-14(13)18/h3-8,11,15,19H,9-10H2,1-2H3,(H,20,21)/t15-/m1/s1. The van der Waals surface area contributed by atoms with Crippen LogP contribution < -0.4 is 5.32 Å². The van der Waals surface area contributed by atoms with Crippen molar-refractivity contribution in [3.05, 3.63) is 47.2 Å². The lowest BCUT2D eigenvalue weighted by atomic mass is 10.0. The Balaban J connectivity index is 2.03. The summed E-state index contributed by atoms with van der Waals surface area (Å²) in [5, 5.41) is 12.9. The molecule has 0 aliphatic heterocycles. The molecule has 1 heterocycles. The van der Waals surface area contributed by atoms with Gasteiger partial charge in [0.05, 0.1) is 11.6 Å². The van der Waals surface area contributed by atoms with E-state index >= 15 is 0 Å². The number of hydrogen-bond acceptors (Lipinski definition) is 3. The van der Waals surface area contributed by atoms with E-state index in [0.29, 0.717) is 35.4 Å². The number of halogens is 1. The number of nitrogens with one attached hydrogen (secondary N) is 1. The van der Waals surface area contributed by atoms with Gasteiger partial charge in [-0.15, -0.1) is 0 Å². The van der Waals surface area contributed by atoms with Gasteiger partial charge in [0.15, 0.2) is 0 Å². The first-order valence-corrected chi connectivity index (χ1v) is 7.65. The number of carboxylic acid groups (broad SMARTS) is 1. The molecule has 1 atom stereocenters. The first kappa shape index (κ1) is 16.6. The molecular weight excluding hydrogens is 302 g/mol. The molecule has 22 heavy (non-hydrogen) atoms. The maximum absolute atomic E-state index is 11.2. The first-order chi connectivity index (χ1) is 10.5. The lowest BCUT2D eigenvalue weighted by Crippen LogP contribution is -2.37. The normalized spacial score (nSPS) is 12.5. The van der Waals surface area contributed by atoms with Gasteiger partial charge < -0.3 is 9.52 Å². The summed E-state index contributed by atoms with van der Waals surface area (Å²) in [6.45, 7) is 4.37. The van der Waals surface area contributed by atoms with Crippen molar-refractivity contribution in [1.82, 2.24) is 5.32 Å². The molecule has 118 valence electrons. The third-order valence-corrected chi connectivity index (χ3v) is 3.66. The van der Waals surface area contributed by atoms with Gasteiger partial charge in [-0.3, -0.25) is 10.1 Å². The molecule has 0 spiro atoms. The van der Waals surface area contributed by atoms with Crippen LogP contribution in [0.2, 0.25) is 5.02 Å². The molecule has 2 rings (SSSR count). The zero-order chi connectivity index (χ0) is 16.1. The van der Waals surface area contributed by atoms with Crippen molar-refractivity contribution in [1.29, 1.82) is 0 Å². The highest BCUT2D eigenvalue weighted by Crippen LogP contribution is 2.29. The van der Waals surface area contributed by atoms with E-state index in [1.54, 1.807) is 6.07 Å². The summed E-state index contributed by atoms with van der Waals surface area (Å²) in [6.07, 6.45) is 0.577. The number of hydrogen-bond donors (Lipinski definition) is 2. The van der Waals surface area contributed by atoms with E-state index < -0.39 is 12.0 Å². The summed E-state index contributed by atoms with van der Waals surface area (Å²) in [5.74, 6) is 0.832. The van der Waals surface area contributed by atoms with Crippen LogP contribution in [0.5, 0.6) is 0 Å². The maximum Gasteiger partial charge on any atom is 0.320 e. The number of carbonyl (C=O) groups is 1. The zero-order valence-electron chi connectivity index (χ0n) is 12.7. The third-order valence-electron chi connectivity index (χ3n) is 3.33. The largest absolute Gasteiger partial charge is 0.480 e. The molecule has 1 aromatic heterocycles. The monoisotopic (exact) mass is 321 g/mol. The zero-order valence-corrected chi connectivity index (χ0v) is 13.4. The van der Waals surface area contributed by atoms with Gasteiger partial charge in [-0.25, -0.2) is 0 Å². The second-order valence-electron chi connectivity index (χ2n) is 5.65. The van der Waals surface area contributed by atoms with Gasteiger partial charge in [0, 0.05) is 5.56 Å². The molecule has 0 radical (unpaired) electrons. The average Bonchev–Trinajstić information content (AvgIpc) is 2.92. The fourth-order valence-electron chi connectivity index (χ4n) is 2.25. The molecule has 0 amide bonds. The van der Waals surface area contributed by atoms with Crippen LogP contribution in [-0.2, 0) is 11.3 Å². The molecule has 0 unspecified atom stereocenters. The predicted molar refractivity (Wildman–Crippen MR) is 86.9 cm³/mol. The van der Waals surface area contributed by atoms with Crippen LogP contribution in [0, 0.1) is 5.92 Å². The van der Waals surface area contributed by atoms with Crippen molar-refractivity contribution >= 4 is 17.6 Å². The summed E-state index contributed by atoms with van der Waals surface area (Å²) in [5.41, 5.74) is 0.826. The molecule has 1 aromatic carbocycles. The quantitative estimate of drug-likeness (QED) is 0.802. The number of benzene rings is 1. The van der Waals surface area contributed by atoms with Crippen molar-refractivity contribution < 1.29 is 14.3 Å². The van der Waals surface area contributed by atoms with Gasteiger partial charge in [0.25, 0.3) is 0 Å². The summed E-state index contributed by atoms with van der Waals surface area (Å²) in [4.78, 5) is 11.2. The van der Waals surface area contributed by atoms with Gasteiger partial charge in [-0.05, 0) is 36.6 Å². The van der Waals surface area contributed by atoms with Crippen molar-refractivity contribution in [2.75, 3.05) is 0 Å². The maximum atomic E-state index is 11.2. The molecular formula is C17H20ClNO3. The molecule has 5 heteroatoms. The molecule has 0 saturated heterocycles. The van der Waals surface area contributed by atoms with Gasteiger partial charge in [-0.2, -0.15) is 0 Å². The lowest BCUT2D eigenvalue weighted by molar-refractivity contribution is -0.140. The minimum atomic E-state index is -0.841. The van der Waals surface area contributed by atoms with Crippen LogP contribution in [-0.4, -0.2) is 17.1 Å². The van der Waals surface area contributed by atoms with E-state index in [1.165, 1.54) is 0 Å². The summed E-state index contributed by atoms with van der Waals surface area (Å²) >= 11 is 6.14. The Hall–Kier alpha value is -1.78. The fraction of sp³-hybridized carbons (Fsp3) is 0.353. The molecule has 0 aliphatic carbocycles. The van der Waals surface area contributed by atoms with Crippen molar-refractivity contribution in [2.24, 2.45) is 5.92 Å². The molecule has 0 fully saturated rings. The molecule has 0 aliphatic rings. The summed E-state index contributed by atoms with van der Waals surface area (Å²) in [6, 6.07) is 10.5. The van der Waals surface area contributed by atoms with E-state index in [1.807, 2.05) is 44.2 Å². The number of furan rings is 1. The Morgan fingerprint density at radius 1 is 1.27 bits per heavy atom. The lowest BCUT2D eigenvalue weighted by Gasteiger charge is -2.15. The molecule has 4 nitrogen and oxygen atoms in total. The Bertz CT molecular complexity index is 636. The Kier molecular flexibility index (Phi) is 5.63. The van der Waals surface area contributed by atoms with Crippen LogP contribution in [0.25, 0.3) is 11.3 Å². The second kappa shape index (κ2) is 7.47. The highest BCUT2D eigenvalue weighted by atomic mass is 35.5. The minimum absolute atomic E-state index is 0.309. The molecule has 0 saturated carbocycles. The van der Waals surface area contributed by atoms with E-state index in [2.05, 4.69) is 5.32 Å². The predicted octanol–water partition coefficient (Wildman–Crippen LogP) is 4.19. The first-order valence-electron chi connectivity index (χ1n) is 7.27. The van der Waals surface area contributed by atoms with Crippen molar-refractivity contribution in [2.45, 2.75) is 32.9 Å². The number of carboxylic acids is 1. The number of rotatable bonds is 7. The van der Waals surface area contributed by atoms with Gasteiger partial charge in [0.1, 0.15) is 17.6 Å². The third kappa shape index (κ3) is 4.36. The summed E-state index contributed by atoms with van der Waals surface area (Å²) in [7, 11) is 0. The highest BCUT2D eigenvalue weighted by molar-refractivity contribution is 6.33. The van der Waals surface area contributed by atoms with Crippen molar-refractivity contribution in [3.8, 4) is 11.3 Å². The highest BCUT2D eigenvalue weighted by Gasteiger charge is 2.18. The van der Waals surface area contributed by atoms with Gasteiger partial charge in [0.2, 0.25) is 0 Å². The molecule has 0 bridgehead atoms. The van der Waals surface area contributed by atoms with Crippen LogP contribution >= 0.6 is 11.6 Å². The number of aliphatic carboxylic acids is 1. The van der Waals surface area contributed by atoms with Crippen LogP contribution in [0.15, 0.2) is 40.8 Å². The van der Waals surface area contributed by atoms with E-state index in [9.17, 15) is 9.90 Å². The SMILES string of the molecule is CC(C)C[C@@H](NCc1ccc(-c2ccccc2Cl)o1)C(=O)O. The Morgan fingerprint density at radius 2 is 2.00 bits per heavy atom. The van der Waals surface area contributed by atoms with E-state index in [4.69, 9.17) is 16.0 Å². The Labute approximate surface area is 135 Å². The van der Waals surface area contributed by atoms with E-state index in [0.717, 1.165) is 5.56 Å². The van der Waals surface area contributed by atoms with Crippen molar-refractivity contribution in [3.63, 3.8) is 0 Å².